The number of nitrogens with one attached hydrogen (secondary N) is 1. The molecule has 0 spiro atoms. The van der Waals surface area contributed by atoms with Gasteiger partial charge in [-0.1, -0.05) is 19.8 Å². The second-order valence-corrected chi connectivity index (χ2v) is 6.14. The SMILES string of the molecule is CCCNCC1CCN(C(C)C2CCCC2)C1. The van der Waals surface area contributed by atoms with E-state index in [0.29, 0.717) is 0 Å². The third-order valence-corrected chi connectivity index (χ3v) is 4.84. The van der Waals surface area contributed by atoms with Crippen molar-refractivity contribution in [3.63, 3.8) is 0 Å². The normalized spacial score (nSPS) is 28.9. The van der Waals surface area contributed by atoms with E-state index in [-0.39, 0.29) is 0 Å². The van der Waals surface area contributed by atoms with Crippen molar-refractivity contribution in [3.8, 4) is 0 Å². The minimum Gasteiger partial charge on any atom is -0.316 e. The summed E-state index contributed by atoms with van der Waals surface area (Å²) in [6.07, 6.45) is 8.59. The van der Waals surface area contributed by atoms with Crippen molar-refractivity contribution >= 4 is 0 Å². The molecule has 1 aliphatic heterocycles. The third-order valence-electron chi connectivity index (χ3n) is 4.84. The zero-order valence-electron chi connectivity index (χ0n) is 11.8. The molecule has 2 rings (SSSR count). The van der Waals surface area contributed by atoms with Crippen LogP contribution in [0.15, 0.2) is 0 Å². The van der Waals surface area contributed by atoms with E-state index in [2.05, 4.69) is 24.1 Å². The highest BCUT2D eigenvalue weighted by Gasteiger charge is 2.31. The Bertz CT molecular complexity index is 211. The van der Waals surface area contributed by atoms with Crippen molar-refractivity contribution in [3.05, 3.63) is 0 Å². The lowest BCUT2D eigenvalue weighted by Gasteiger charge is -2.29. The summed E-state index contributed by atoms with van der Waals surface area (Å²) in [6.45, 7) is 9.83. The number of likely N-dealkylation sites (tertiary alicyclic amines) is 1. The Kier molecular flexibility index (Phi) is 5.30. The summed E-state index contributed by atoms with van der Waals surface area (Å²) in [5, 5.41) is 3.58. The zero-order valence-corrected chi connectivity index (χ0v) is 11.8. The largest absolute Gasteiger partial charge is 0.316 e. The van der Waals surface area contributed by atoms with Crippen LogP contribution in [0.1, 0.15) is 52.4 Å². The first-order valence-electron chi connectivity index (χ1n) is 7.76. The molecule has 2 heteroatoms. The molecule has 0 radical (unpaired) electrons. The molecule has 1 saturated carbocycles. The van der Waals surface area contributed by atoms with Crippen LogP contribution in [0.25, 0.3) is 0 Å². The summed E-state index contributed by atoms with van der Waals surface area (Å²) < 4.78 is 0. The van der Waals surface area contributed by atoms with Gasteiger partial charge in [-0.3, -0.25) is 0 Å². The highest BCUT2D eigenvalue weighted by atomic mass is 15.2. The molecule has 2 fully saturated rings. The van der Waals surface area contributed by atoms with Crippen molar-refractivity contribution in [2.75, 3.05) is 26.2 Å². The average Bonchev–Trinajstić information content (AvgIpc) is 3.00. The topological polar surface area (TPSA) is 15.3 Å². The Morgan fingerprint density at radius 2 is 2.00 bits per heavy atom. The lowest BCUT2D eigenvalue weighted by molar-refractivity contribution is 0.184. The van der Waals surface area contributed by atoms with Gasteiger partial charge in [-0.15, -0.1) is 0 Å². The first-order valence-corrected chi connectivity index (χ1v) is 7.76. The molecule has 0 aromatic carbocycles. The van der Waals surface area contributed by atoms with Gasteiger partial charge in [-0.25, -0.2) is 0 Å². The molecule has 0 aromatic heterocycles. The Hall–Kier alpha value is -0.0800. The molecule has 1 aliphatic carbocycles. The van der Waals surface area contributed by atoms with Gasteiger partial charge in [0.25, 0.3) is 0 Å². The van der Waals surface area contributed by atoms with E-state index < -0.39 is 0 Å². The number of hydrogen-bond donors (Lipinski definition) is 1. The summed E-state index contributed by atoms with van der Waals surface area (Å²) in [4.78, 5) is 2.76. The summed E-state index contributed by atoms with van der Waals surface area (Å²) in [5.41, 5.74) is 0. The molecule has 1 saturated heterocycles. The van der Waals surface area contributed by atoms with Gasteiger partial charge >= 0.3 is 0 Å². The molecule has 2 nitrogen and oxygen atoms in total. The van der Waals surface area contributed by atoms with Crippen LogP contribution in [0.3, 0.4) is 0 Å². The summed E-state index contributed by atoms with van der Waals surface area (Å²) in [7, 11) is 0. The molecule has 2 atom stereocenters. The second-order valence-electron chi connectivity index (χ2n) is 6.14. The van der Waals surface area contributed by atoms with Crippen molar-refractivity contribution < 1.29 is 0 Å². The van der Waals surface area contributed by atoms with Gasteiger partial charge in [-0.05, 0) is 64.1 Å². The van der Waals surface area contributed by atoms with E-state index in [1.165, 1.54) is 64.7 Å². The molecule has 2 unspecified atom stereocenters. The van der Waals surface area contributed by atoms with Crippen molar-refractivity contribution in [2.45, 2.75) is 58.4 Å². The molecule has 0 aromatic rings. The third kappa shape index (κ3) is 3.69. The van der Waals surface area contributed by atoms with Crippen molar-refractivity contribution in [1.82, 2.24) is 10.2 Å². The van der Waals surface area contributed by atoms with E-state index in [1.54, 1.807) is 0 Å². The van der Waals surface area contributed by atoms with Crippen LogP contribution in [0, 0.1) is 11.8 Å². The molecule has 17 heavy (non-hydrogen) atoms. The fraction of sp³-hybridized carbons (Fsp3) is 1.00. The molecule has 2 aliphatic rings. The number of rotatable bonds is 6. The van der Waals surface area contributed by atoms with Crippen molar-refractivity contribution in [2.24, 2.45) is 11.8 Å². The molecule has 100 valence electrons. The van der Waals surface area contributed by atoms with Gasteiger partial charge in [0.1, 0.15) is 0 Å². The fourth-order valence-corrected chi connectivity index (χ4v) is 3.62. The zero-order chi connectivity index (χ0) is 12.1. The molecule has 0 amide bonds. The standard InChI is InChI=1S/C15H30N2/c1-3-9-16-11-14-8-10-17(12-14)13(2)15-6-4-5-7-15/h13-16H,3-12H2,1-2H3. The number of nitrogens with zero attached hydrogens (tertiary/aromatic N) is 1. The Morgan fingerprint density at radius 1 is 1.24 bits per heavy atom. The Labute approximate surface area is 107 Å². The second kappa shape index (κ2) is 6.75. The molecular formula is C15H30N2. The van der Waals surface area contributed by atoms with E-state index in [9.17, 15) is 0 Å². The minimum atomic E-state index is 0.841. The van der Waals surface area contributed by atoms with Gasteiger partial charge in [-0.2, -0.15) is 0 Å². The van der Waals surface area contributed by atoms with E-state index >= 15 is 0 Å². The molecular weight excluding hydrogens is 208 g/mol. The first kappa shape index (κ1) is 13.4. The highest BCUT2D eigenvalue weighted by Crippen LogP contribution is 2.32. The van der Waals surface area contributed by atoms with Crippen LogP contribution in [-0.2, 0) is 0 Å². The van der Waals surface area contributed by atoms with Gasteiger partial charge in [0.15, 0.2) is 0 Å². The Balaban J connectivity index is 1.69. The van der Waals surface area contributed by atoms with E-state index in [0.717, 1.165) is 17.9 Å². The summed E-state index contributed by atoms with van der Waals surface area (Å²) >= 11 is 0. The van der Waals surface area contributed by atoms with Crippen molar-refractivity contribution in [1.29, 1.82) is 0 Å². The first-order chi connectivity index (χ1) is 8.31. The van der Waals surface area contributed by atoms with Gasteiger partial charge in [0.05, 0.1) is 0 Å². The quantitative estimate of drug-likeness (QED) is 0.716. The van der Waals surface area contributed by atoms with Crippen LogP contribution in [0.2, 0.25) is 0 Å². The van der Waals surface area contributed by atoms with E-state index in [4.69, 9.17) is 0 Å². The van der Waals surface area contributed by atoms with Gasteiger partial charge in [0.2, 0.25) is 0 Å². The maximum absolute atomic E-state index is 3.58. The van der Waals surface area contributed by atoms with Crippen LogP contribution >= 0.6 is 0 Å². The number of hydrogen-bond acceptors (Lipinski definition) is 2. The molecule has 1 N–H and O–H groups in total. The fourth-order valence-electron chi connectivity index (χ4n) is 3.62. The summed E-state index contributed by atoms with van der Waals surface area (Å²) in [6, 6.07) is 0.841. The maximum Gasteiger partial charge on any atom is 0.00953 e. The van der Waals surface area contributed by atoms with Gasteiger partial charge in [0, 0.05) is 12.6 Å². The summed E-state index contributed by atoms with van der Waals surface area (Å²) in [5.74, 6) is 1.91. The lowest BCUT2D eigenvalue weighted by atomic mass is 9.98. The monoisotopic (exact) mass is 238 g/mol. The minimum absolute atomic E-state index is 0.841. The van der Waals surface area contributed by atoms with Crippen LogP contribution < -0.4 is 5.32 Å². The molecule has 0 bridgehead atoms. The smallest absolute Gasteiger partial charge is 0.00953 e. The maximum atomic E-state index is 3.58. The molecule has 1 heterocycles. The Morgan fingerprint density at radius 3 is 2.71 bits per heavy atom. The van der Waals surface area contributed by atoms with Gasteiger partial charge < -0.3 is 10.2 Å². The predicted molar refractivity (Wildman–Crippen MR) is 74.3 cm³/mol. The highest BCUT2D eigenvalue weighted by molar-refractivity contribution is 4.85. The average molecular weight is 238 g/mol. The van der Waals surface area contributed by atoms with E-state index in [1.807, 2.05) is 0 Å². The van der Waals surface area contributed by atoms with Crippen LogP contribution in [0.5, 0.6) is 0 Å². The predicted octanol–water partition coefficient (Wildman–Crippen LogP) is 2.89. The van der Waals surface area contributed by atoms with Crippen LogP contribution in [0.4, 0.5) is 0 Å². The lowest BCUT2D eigenvalue weighted by Crippen LogP contribution is -2.37. The van der Waals surface area contributed by atoms with Crippen LogP contribution in [-0.4, -0.2) is 37.1 Å².